The third-order valence-electron chi connectivity index (χ3n) is 2.01. The smallest absolute Gasteiger partial charge is 0.0149 e. The summed E-state index contributed by atoms with van der Waals surface area (Å²) in [6.07, 6.45) is 13.5. The lowest BCUT2D eigenvalue weighted by Gasteiger charge is -2.04. The first-order valence-corrected chi connectivity index (χ1v) is 4.55. The van der Waals surface area contributed by atoms with Crippen molar-refractivity contribution in [3.63, 3.8) is 0 Å². The minimum atomic E-state index is 1.09. The predicted octanol–water partition coefficient (Wildman–Crippen LogP) is 3.88. The molecule has 1 rings (SSSR count). The maximum absolute atomic E-state index is 3.79. The van der Waals surface area contributed by atoms with E-state index in [9.17, 15) is 0 Å². The van der Waals surface area contributed by atoms with E-state index in [2.05, 4.69) is 31.9 Å². The Bertz CT molecular complexity index is 392. The monoisotopic (exact) mass is 182 g/mol. The first-order chi connectivity index (χ1) is 6.79. The molecule has 0 saturated carbocycles. The van der Waals surface area contributed by atoms with Crippen molar-refractivity contribution >= 4 is 0 Å². The van der Waals surface area contributed by atoms with Crippen LogP contribution in [-0.2, 0) is 0 Å². The van der Waals surface area contributed by atoms with Gasteiger partial charge in [0.05, 0.1) is 0 Å². The second kappa shape index (κ2) is 5.06. The summed E-state index contributed by atoms with van der Waals surface area (Å²) in [5, 5.41) is 0. The first-order valence-electron chi connectivity index (χ1n) is 4.55. The molecule has 0 aromatic carbocycles. The Kier molecular flexibility index (Phi) is 3.72. The molecule has 0 heterocycles. The van der Waals surface area contributed by atoms with E-state index in [-0.39, 0.29) is 0 Å². The maximum Gasteiger partial charge on any atom is -0.0149 e. The summed E-state index contributed by atoms with van der Waals surface area (Å²) in [6, 6.07) is 0. The Hall–Kier alpha value is -1.78. The molecule has 1 aliphatic carbocycles. The summed E-state index contributed by atoms with van der Waals surface area (Å²) >= 11 is 0. The lowest BCUT2D eigenvalue weighted by molar-refractivity contribution is 1.41. The minimum Gasteiger partial charge on any atom is -0.121 e. The van der Waals surface area contributed by atoms with Crippen LogP contribution in [0, 0.1) is 0 Å². The summed E-state index contributed by atoms with van der Waals surface area (Å²) in [4.78, 5) is 0. The second-order valence-electron chi connectivity index (χ2n) is 3.00. The molecule has 0 bridgehead atoms. The molecule has 1 aliphatic rings. The van der Waals surface area contributed by atoms with Crippen molar-refractivity contribution in [2.24, 2.45) is 0 Å². The van der Waals surface area contributed by atoms with Crippen LogP contribution in [0.2, 0.25) is 0 Å². The van der Waals surface area contributed by atoms with Crippen LogP contribution in [0.4, 0.5) is 0 Å². The fraction of sp³-hybridized carbons (Fsp3) is 0.0714. The lowest BCUT2D eigenvalue weighted by Crippen LogP contribution is -1.86. The van der Waals surface area contributed by atoms with Crippen LogP contribution in [0.5, 0.6) is 0 Å². The maximum atomic E-state index is 3.79. The molecule has 0 nitrogen and oxygen atoms in total. The number of hydrogen-bond donors (Lipinski definition) is 0. The van der Waals surface area contributed by atoms with Gasteiger partial charge in [0.15, 0.2) is 0 Å². The van der Waals surface area contributed by atoms with Gasteiger partial charge in [0.1, 0.15) is 0 Å². The summed E-state index contributed by atoms with van der Waals surface area (Å²) in [5.74, 6) is 0. The van der Waals surface area contributed by atoms with Crippen LogP contribution in [0.1, 0.15) is 6.92 Å². The average Bonchev–Trinajstić information content (AvgIpc) is 2.40. The van der Waals surface area contributed by atoms with Crippen LogP contribution in [0.15, 0.2) is 78.1 Å². The van der Waals surface area contributed by atoms with Gasteiger partial charge in [-0.25, -0.2) is 0 Å². The quantitative estimate of drug-likeness (QED) is 0.459. The van der Waals surface area contributed by atoms with Gasteiger partial charge in [-0.05, 0) is 35.8 Å². The van der Waals surface area contributed by atoms with Crippen molar-refractivity contribution < 1.29 is 0 Å². The highest BCUT2D eigenvalue weighted by molar-refractivity contribution is 5.53. The van der Waals surface area contributed by atoms with Crippen molar-refractivity contribution in [3.05, 3.63) is 78.1 Å². The van der Waals surface area contributed by atoms with Gasteiger partial charge in [0.25, 0.3) is 0 Å². The van der Waals surface area contributed by atoms with Gasteiger partial charge >= 0.3 is 0 Å². The Morgan fingerprint density at radius 2 is 2.21 bits per heavy atom. The molecule has 0 aromatic rings. The summed E-state index contributed by atoms with van der Waals surface area (Å²) < 4.78 is 0. The molecule has 0 aliphatic heterocycles. The number of rotatable bonds is 3. The minimum absolute atomic E-state index is 1.09. The van der Waals surface area contributed by atoms with E-state index in [1.807, 2.05) is 30.4 Å². The standard InChI is InChI=1S/C14H14/c1-4-9-13(5-2)14-11-8-6-7-10-12(14)3/h4-6,8-11H,1-2H2,3H3/b13-9+. The molecule has 0 aromatic heterocycles. The largest absolute Gasteiger partial charge is 0.121 e. The molecule has 0 radical (unpaired) electrons. The molecular formula is C14H14. The molecule has 0 fully saturated rings. The van der Waals surface area contributed by atoms with E-state index in [4.69, 9.17) is 0 Å². The van der Waals surface area contributed by atoms with Gasteiger partial charge in [-0.3, -0.25) is 0 Å². The summed E-state index contributed by atoms with van der Waals surface area (Å²) in [5.41, 5.74) is 6.50. The first kappa shape index (κ1) is 10.3. The normalized spacial score (nSPS) is 15.6. The van der Waals surface area contributed by atoms with Crippen LogP contribution >= 0.6 is 0 Å². The molecule has 0 unspecified atom stereocenters. The van der Waals surface area contributed by atoms with E-state index < -0.39 is 0 Å². The highest BCUT2D eigenvalue weighted by atomic mass is 14.0. The molecule has 0 N–H and O–H groups in total. The van der Waals surface area contributed by atoms with Gasteiger partial charge in [-0.2, -0.15) is 0 Å². The highest BCUT2D eigenvalue weighted by Crippen LogP contribution is 2.19. The van der Waals surface area contributed by atoms with Gasteiger partial charge in [0, 0.05) is 0 Å². The molecule has 0 heteroatoms. The van der Waals surface area contributed by atoms with Crippen LogP contribution in [0.25, 0.3) is 0 Å². The zero-order valence-corrected chi connectivity index (χ0v) is 8.46. The fourth-order valence-electron chi connectivity index (χ4n) is 1.30. The Balaban J connectivity index is 3.20. The SMILES string of the molecule is C=C/C=C(\C=C)C1=C(C)C=C=CC=C1. The van der Waals surface area contributed by atoms with Gasteiger partial charge in [-0.1, -0.05) is 43.5 Å². The van der Waals surface area contributed by atoms with Crippen LogP contribution < -0.4 is 0 Å². The summed E-state index contributed by atoms with van der Waals surface area (Å²) in [6.45, 7) is 9.54. The molecule has 14 heavy (non-hydrogen) atoms. The zero-order chi connectivity index (χ0) is 10.4. The Morgan fingerprint density at radius 3 is 2.86 bits per heavy atom. The lowest BCUT2D eigenvalue weighted by atomic mass is 10.0. The molecular weight excluding hydrogens is 168 g/mol. The van der Waals surface area contributed by atoms with Gasteiger partial charge in [-0.15, -0.1) is 5.73 Å². The molecule has 0 spiro atoms. The molecule has 70 valence electrons. The molecule has 0 saturated heterocycles. The second-order valence-corrected chi connectivity index (χ2v) is 3.00. The predicted molar refractivity (Wildman–Crippen MR) is 63.0 cm³/mol. The van der Waals surface area contributed by atoms with E-state index >= 15 is 0 Å². The Labute approximate surface area is 85.7 Å². The van der Waals surface area contributed by atoms with E-state index in [0.717, 1.165) is 5.57 Å². The van der Waals surface area contributed by atoms with Crippen molar-refractivity contribution in [2.45, 2.75) is 6.92 Å². The molecule has 0 atom stereocenters. The molecule has 0 amide bonds. The topological polar surface area (TPSA) is 0 Å². The van der Waals surface area contributed by atoms with Crippen molar-refractivity contribution in [3.8, 4) is 0 Å². The van der Waals surface area contributed by atoms with Crippen LogP contribution in [-0.4, -0.2) is 0 Å². The third kappa shape index (κ3) is 2.35. The summed E-state index contributed by atoms with van der Waals surface area (Å²) in [7, 11) is 0. The van der Waals surface area contributed by atoms with E-state index in [1.54, 1.807) is 6.08 Å². The van der Waals surface area contributed by atoms with E-state index in [0.29, 0.717) is 0 Å². The van der Waals surface area contributed by atoms with Crippen LogP contribution in [0.3, 0.4) is 0 Å². The number of hydrogen-bond acceptors (Lipinski definition) is 0. The highest BCUT2D eigenvalue weighted by Gasteiger charge is 2.01. The number of allylic oxidation sites excluding steroid dienone is 9. The van der Waals surface area contributed by atoms with E-state index in [1.165, 1.54) is 11.1 Å². The Morgan fingerprint density at radius 1 is 1.43 bits per heavy atom. The van der Waals surface area contributed by atoms with Crippen molar-refractivity contribution in [1.29, 1.82) is 0 Å². The average molecular weight is 182 g/mol. The van der Waals surface area contributed by atoms with Crippen molar-refractivity contribution in [2.75, 3.05) is 0 Å². The van der Waals surface area contributed by atoms with Gasteiger partial charge < -0.3 is 0 Å². The fourth-order valence-corrected chi connectivity index (χ4v) is 1.30. The third-order valence-corrected chi connectivity index (χ3v) is 2.01. The zero-order valence-electron chi connectivity index (χ0n) is 8.46. The van der Waals surface area contributed by atoms with Crippen molar-refractivity contribution in [1.82, 2.24) is 0 Å². The van der Waals surface area contributed by atoms with Gasteiger partial charge in [0.2, 0.25) is 0 Å².